The van der Waals surface area contributed by atoms with Crippen LogP contribution in [0.1, 0.15) is 0 Å². The molecule has 6 heteroatoms. The second kappa shape index (κ2) is 3.85. The Labute approximate surface area is 82.3 Å². The van der Waals surface area contributed by atoms with Crippen LogP contribution >= 0.6 is 0 Å². The predicted molar refractivity (Wildman–Crippen MR) is 54.4 cm³/mol. The monoisotopic (exact) mass is 216 g/mol. The lowest BCUT2D eigenvalue weighted by Gasteiger charge is -2.06. The van der Waals surface area contributed by atoms with E-state index >= 15 is 0 Å². The van der Waals surface area contributed by atoms with E-state index in [1.54, 1.807) is 0 Å². The fourth-order valence-electron chi connectivity index (χ4n) is 1.05. The summed E-state index contributed by atoms with van der Waals surface area (Å²) in [6, 6.07) is 4.24. The normalized spacial score (nSPS) is 11.5. The zero-order valence-corrected chi connectivity index (χ0v) is 8.29. The van der Waals surface area contributed by atoms with Gasteiger partial charge in [-0.2, -0.15) is 0 Å². The van der Waals surface area contributed by atoms with E-state index in [2.05, 4.69) is 0 Å². The van der Waals surface area contributed by atoms with Crippen LogP contribution in [-0.4, -0.2) is 25.9 Å². The number of nitrogen functional groups attached to an aromatic ring is 2. The molecule has 0 aliphatic heterocycles. The lowest BCUT2D eigenvalue weighted by Crippen LogP contribution is -2.12. The van der Waals surface area contributed by atoms with E-state index in [1.807, 2.05) is 0 Å². The smallest absolute Gasteiger partial charge is 0.182 e. The second-order valence-electron chi connectivity index (χ2n) is 2.84. The Hall–Kier alpha value is -1.27. The van der Waals surface area contributed by atoms with Crippen molar-refractivity contribution in [2.45, 2.75) is 4.90 Å². The molecule has 78 valence electrons. The van der Waals surface area contributed by atoms with Crippen LogP contribution in [0.25, 0.3) is 0 Å². The van der Waals surface area contributed by atoms with Crippen molar-refractivity contribution in [3.63, 3.8) is 0 Å². The van der Waals surface area contributed by atoms with Crippen LogP contribution in [-0.2, 0) is 9.84 Å². The Morgan fingerprint density at radius 1 is 1.29 bits per heavy atom. The topological polar surface area (TPSA) is 106 Å². The lowest BCUT2D eigenvalue weighted by molar-refractivity contribution is 0.319. The van der Waals surface area contributed by atoms with Crippen LogP contribution in [0.4, 0.5) is 11.4 Å². The van der Waals surface area contributed by atoms with E-state index in [0.717, 1.165) is 0 Å². The number of benzene rings is 1. The van der Waals surface area contributed by atoms with Crippen molar-refractivity contribution < 1.29 is 13.5 Å². The Balaban J connectivity index is 3.25. The van der Waals surface area contributed by atoms with Crippen LogP contribution < -0.4 is 11.5 Å². The SMILES string of the molecule is Nc1ccc(N)c(S(=O)(=O)CCO)c1. The van der Waals surface area contributed by atoms with Crippen LogP contribution in [0.3, 0.4) is 0 Å². The van der Waals surface area contributed by atoms with Crippen LogP contribution in [0.5, 0.6) is 0 Å². The van der Waals surface area contributed by atoms with Gasteiger partial charge in [0.05, 0.1) is 22.9 Å². The quantitative estimate of drug-likeness (QED) is 0.597. The molecule has 5 N–H and O–H groups in total. The van der Waals surface area contributed by atoms with Crippen molar-refractivity contribution in [2.75, 3.05) is 23.8 Å². The van der Waals surface area contributed by atoms with Gasteiger partial charge in [-0.1, -0.05) is 0 Å². The van der Waals surface area contributed by atoms with Gasteiger partial charge in [-0.15, -0.1) is 0 Å². The summed E-state index contributed by atoms with van der Waals surface area (Å²) in [5.41, 5.74) is 11.4. The molecule has 0 aromatic heterocycles. The second-order valence-corrected chi connectivity index (χ2v) is 4.92. The molecule has 0 atom stereocenters. The molecule has 0 unspecified atom stereocenters. The third kappa shape index (κ3) is 2.15. The molecule has 0 heterocycles. The van der Waals surface area contributed by atoms with Gasteiger partial charge in [0.15, 0.2) is 9.84 Å². The number of sulfone groups is 1. The summed E-state index contributed by atoms with van der Waals surface area (Å²) in [6.07, 6.45) is 0. The van der Waals surface area contributed by atoms with E-state index in [0.29, 0.717) is 5.69 Å². The fraction of sp³-hybridized carbons (Fsp3) is 0.250. The minimum absolute atomic E-state index is 0.0217. The highest BCUT2D eigenvalue weighted by Gasteiger charge is 2.16. The molecule has 0 radical (unpaired) electrons. The summed E-state index contributed by atoms with van der Waals surface area (Å²) in [5.74, 6) is -0.347. The van der Waals surface area contributed by atoms with Crippen molar-refractivity contribution >= 4 is 21.2 Å². The van der Waals surface area contributed by atoms with Gasteiger partial charge in [0.1, 0.15) is 0 Å². The molecular weight excluding hydrogens is 204 g/mol. The number of hydrogen-bond acceptors (Lipinski definition) is 5. The number of aliphatic hydroxyl groups is 1. The van der Waals surface area contributed by atoms with Crippen molar-refractivity contribution in [2.24, 2.45) is 0 Å². The number of nitrogens with two attached hydrogens (primary N) is 2. The first kappa shape index (κ1) is 10.8. The predicted octanol–water partition coefficient (Wildman–Crippen LogP) is -0.383. The first-order valence-corrected chi connectivity index (χ1v) is 5.61. The van der Waals surface area contributed by atoms with Gasteiger partial charge in [-0.05, 0) is 18.2 Å². The number of anilines is 2. The third-order valence-corrected chi connectivity index (χ3v) is 3.48. The maximum Gasteiger partial charge on any atom is 0.182 e. The van der Waals surface area contributed by atoms with Gasteiger partial charge in [-0.3, -0.25) is 0 Å². The van der Waals surface area contributed by atoms with Crippen molar-refractivity contribution in [1.82, 2.24) is 0 Å². The van der Waals surface area contributed by atoms with E-state index < -0.39 is 16.4 Å². The molecule has 0 bridgehead atoms. The first-order chi connectivity index (χ1) is 6.47. The summed E-state index contributed by atoms with van der Waals surface area (Å²) < 4.78 is 23.0. The summed E-state index contributed by atoms with van der Waals surface area (Å²) in [5, 5.41) is 8.57. The molecule has 0 amide bonds. The first-order valence-electron chi connectivity index (χ1n) is 3.96. The largest absolute Gasteiger partial charge is 0.399 e. The maximum atomic E-state index is 11.5. The van der Waals surface area contributed by atoms with Gasteiger partial charge in [0.2, 0.25) is 0 Å². The van der Waals surface area contributed by atoms with Crippen LogP contribution in [0.15, 0.2) is 23.1 Å². The fourth-order valence-corrected chi connectivity index (χ4v) is 2.25. The summed E-state index contributed by atoms with van der Waals surface area (Å²) in [6.45, 7) is -0.434. The molecule has 1 aromatic carbocycles. The molecule has 5 nitrogen and oxygen atoms in total. The van der Waals surface area contributed by atoms with Gasteiger partial charge >= 0.3 is 0 Å². The highest BCUT2D eigenvalue weighted by molar-refractivity contribution is 7.91. The molecule has 1 aromatic rings. The highest BCUT2D eigenvalue weighted by Crippen LogP contribution is 2.21. The molecule has 0 spiro atoms. The Morgan fingerprint density at radius 2 is 1.93 bits per heavy atom. The number of hydrogen-bond donors (Lipinski definition) is 3. The standard InChI is InChI=1S/C8H12N2O3S/c9-6-1-2-7(10)8(5-6)14(12,13)4-3-11/h1-2,5,11H,3-4,9-10H2. The molecule has 1 rings (SSSR count). The average Bonchev–Trinajstić information content (AvgIpc) is 2.09. The van der Waals surface area contributed by atoms with Crippen LogP contribution in [0, 0.1) is 0 Å². The maximum absolute atomic E-state index is 11.5. The van der Waals surface area contributed by atoms with Crippen molar-refractivity contribution in [3.8, 4) is 0 Å². The summed E-state index contributed by atoms with van der Waals surface area (Å²) >= 11 is 0. The van der Waals surface area contributed by atoms with Gasteiger partial charge in [0.25, 0.3) is 0 Å². The third-order valence-electron chi connectivity index (χ3n) is 1.73. The minimum atomic E-state index is -3.52. The minimum Gasteiger partial charge on any atom is -0.399 e. The van der Waals surface area contributed by atoms with Crippen molar-refractivity contribution in [3.05, 3.63) is 18.2 Å². The zero-order chi connectivity index (χ0) is 10.8. The number of rotatable bonds is 3. The number of aliphatic hydroxyl groups excluding tert-OH is 1. The van der Waals surface area contributed by atoms with E-state index in [-0.39, 0.29) is 16.3 Å². The summed E-state index contributed by atoms with van der Waals surface area (Å²) in [4.78, 5) is -0.0217. The molecule has 0 aliphatic carbocycles. The average molecular weight is 216 g/mol. The van der Waals surface area contributed by atoms with Crippen molar-refractivity contribution in [1.29, 1.82) is 0 Å². The molecule has 0 saturated carbocycles. The molecule has 0 saturated heterocycles. The lowest BCUT2D eigenvalue weighted by atomic mass is 10.3. The van der Waals surface area contributed by atoms with Gasteiger partial charge in [0, 0.05) is 5.69 Å². The molecule has 0 aliphatic rings. The molecular formula is C8H12N2O3S. The van der Waals surface area contributed by atoms with E-state index in [1.165, 1.54) is 18.2 Å². The Morgan fingerprint density at radius 3 is 2.50 bits per heavy atom. The Bertz CT molecular complexity index is 428. The molecule has 14 heavy (non-hydrogen) atoms. The Kier molecular flexibility index (Phi) is 2.97. The van der Waals surface area contributed by atoms with Crippen LogP contribution in [0.2, 0.25) is 0 Å². The highest BCUT2D eigenvalue weighted by atomic mass is 32.2. The van der Waals surface area contributed by atoms with E-state index in [9.17, 15) is 8.42 Å². The summed E-state index contributed by atoms with van der Waals surface area (Å²) in [7, 11) is -3.52. The van der Waals surface area contributed by atoms with Gasteiger partial charge < -0.3 is 16.6 Å². The molecule has 0 fully saturated rings. The van der Waals surface area contributed by atoms with E-state index in [4.69, 9.17) is 16.6 Å². The van der Waals surface area contributed by atoms with Gasteiger partial charge in [-0.25, -0.2) is 8.42 Å². The zero-order valence-electron chi connectivity index (χ0n) is 7.47.